The molecule has 6 heteroatoms. The predicted molar refractivity (Wildman–Crippen MR) is 91.7 cm³/mol. The highest BCUT2D eigenvalue weighted by Gasteiger charge is 2.43. The second-order valence-electron chi connectivity index (χ2n) is 7.52. The number of aryl methyl sites for hydroxylation is 3. The first kappa shape index (κ1) is 15.8. The van der Waals surface area contributed by atoms with Crippen molar-refractivity contribution in [1.29, 1.82) is 0 Å². The van der Waals surface area contributed by atoms with Crippen LogP contribution in [0.25, 0.3) is 0 Å². The van der Waals surface area contributed by atoms with Gasteiger partial charge in [0.15, 0.2) is 0 Å². The largest absolute Gasteiger partial charge is 0.374 e. The van der Waals surface area contributed by atoms with Crippen molar-refractivity contribution in [3.63, 3.8) is 0 Å². The van der Waals surface area contributed by atoms with Gasteiger partial charge in [-0.1, -0.05) is 0 Å². The summed E-state index contributed by atoms with van der Waals surface area (Å²) in [6.45, 7) is 6.08. The van der Waals surface area contributed by atoms with Gasteiger partial charge in [0.05, 0.1) is 24.1 Å². The van der Waals surface area contributed by atoms with Crippen LogP contribution in [0.1, 0.15) is 42.1 Å². The van der Waals surface area contributed by atoms with Gasteiger partial charge < -0.3 is 4.74 Å². The Hall–Kier alpha value is -1.66. The highest BCUT2D eigenvalue weighted by Crippen LogP contribution is 2.42. The molecule has 2 aromatic rings. The minimum Gasteiger partial charge on any atom is -0.374 e. The quantitative estimate of drug-likeness (QED) is 0.864. The second kappa shape index (κ2) is 6.01. The third-order valence-electron chi connectivity index (χ3n) is 5.72. The Morgan fingerprint density at radius 1 is 1.29 bits per heavy atom. The van der Waals surface area contributed by atoms with Gasteiger partial charge >= 0.3 is 0 Å². The number of ether oxygens (including phenoxy) is 1. The summed E-state index contributed by atoms with van der Waals surface area (Å²) >= 11 is 0. The van der Waals surface area contributed by atoms with Crippen LogP contribution in [0.5, 0.6) is 0 Å². The zero-order chi connectivity index (χ0) is 16.7. The van der Waals surface area contributed by atoms with E-state index in [1.807, 2.05) is 29.7 Å². The average molecular weight is 329 g/mol. The van der Waals surface area contributed by atoms with E-state index < -0.39 is 0 Å². The highest BCUT2D eigenvalue weighted by molar-refractivity contribution is 5.16. The van der Waals surface area contributed by atoms with Crippen molar-refractivity contribution >= 4 is 0 Å². The summed E-state index contributed by atoms with van der Waals surface area (Å²) in [5, 5.41) is 8.89. The molecule has 4 heterocycles. The third kappa shape index (κ3) is 3.00. The molecule has 2 aliphatic heterocycles. The molecule has 1 spiro atoms. The summed E-state index contributed by atoms with van der Waals surface area (Å²) in [6.07, 6.45) is 7.50. The van der Waals surface area contributed by atoms with Gasteiger partial charge in [-0.3, -0.25) is 14.3 Å². The van der Waals surface area contributed by atoms with Crippen molar-refractivity contribution in [2.45, 2.75) is 44.2 Å². The van der Waals surface area contributed by atoms with Gasteiger partial charge in [-0.15, -0.1) is 0 Å². The van der Waals surface area contributed by atoms with Gasteiger partial charge in [0.1, 0.15) is 0 Å². The SMILES string of the molecule is Cc1cc(CN2CCC3(CC2)C[C@@H](c2cnn(C)c2)CO3)nn1C. The molecule has 0 saturated carbocycles. The number of hydrogen-bond acceptors (Lipinski definition) is 4. The molecule has 4 rings (SSSR count). The normalized spacial score (nSPS) is 24.0. The Morgan fingerprint density at radius 3 is 2.71 bits per heavy atom. The minimum atomic E-state index is 0.0804. The molecule has 0 aromatic carbocycles. The number of aromatic nitrogens is 4. The van der Waals surface area contributed by atoms with Crippen LogP contribution < -0.4 is 0 Å². The topological polar surface area (TPSA) is 48.1 Å². The van der Waals surface area contributed by atoms with Gasteiger partial charge in [0, 0.05) is 51.5 Å². The molecule has 24 heavy (non-hydrogen) atoms. The lowest BCUT2D eigenvalue weighted by atomic mass is 9.84. The highest BCUT2D eigenvalue weighted by atomic mass is 16.5. The number of hydrogen-bond donors (Lipinski definition) is 0. The number of piperidine rings is 1. The van der Waals surface area contributed by atoms with E-state index in [9.17, 15) is 0 Å². The minimum absolute atomic E-state index is 0.0804. The van der Waals surface area contributed by atoms with Crippen LogP contribution in [0.15, 0.2) is 18.5 Å². The molecule has 0 aliphatic carbocycles. The molecule has 1 atom stereocenters. The van der Waals surface area contributed by atoms with E-state index in [1.165, 1.54) is 17.0 Å². The van der Waals surface area contributed by atoms with E-state index in [0.717, 1.165) is 45.5 Å². The Labute approximate surface area is 143 Å². The summed E-state index contributed by atoms with van der Waals surface area (Å²) in [7, 11) is 3.99. The van der Waals surface area contributed by atoms with Crippen LogP contribution in [-0.2, 0) is 25.4 Å². The van der Waals surface area contributed by atoms with Crippen molar-refractivity contribution in [2.24, 2.45) is 14.1 Å². The standard InChI is InChI=1S/C18H27N5O/c1-14-8-17(20-22(14)3)12-23-6-4-18(5-7-23)9-15(13-24-18)16-10-19-21(2)11-16/h8,10-11,15H,4-7,9,12-13H2,1-3H3/t15-/m1/s1. The van der Waals surface area contributed by atoms with Gasteiger partial charge in [0.25, 0.3) is 0 Å². The smallest absolute Gasteiger partial charge is 0.0767 e. The molecule has 2 saturated heterocycles. The first-order chi connectivity index (χ1) is 11.5. The molecule has 0 N–H and O–H groups in total. The molecule has 2 aliphatic rings. The zero-order valence-electron chi connectivity index (χ0n) is 14.9. The number of rotatable bonds is 3. The third-order valence-corrected chi connectivity index (χ3v) is 5.72. The van der Waals surface area contributed by atoms with Crippen LogP contribution in [0, 0.1) is 6.92 Å². The van der Waals surface area contributed by atoms with E-state index >= 15 is 0 Å². The summed E-state index contributed by atoms with van der Waals surface area (Å²) in [6, 6.07) is 2.19. The van der Waals surface area contributed by atoms with Gasteiger partial charge in [-0.25, -0.2) is 0 Å². The molecule has 0 radical (unpaired) electrons. The first-order valence-electron chi connectivity index (χ1n) is 8.87. The van der Waals surface area contributed by atoms with Crippen molar-refractivity contribution in [3.8, 4) is 0 Å². The first-order valence-corrected chi connectivity index (χ1v) is 8.87. The van der Waals surface area contributed by atoms with Gasteiger partial charge in [0.2, 0.25) is 0 Å². The molecule has 0 amide bonds. The summed E-state index contributed by atoms with van der Waals surface area (Å²) in [5.41, 5.74) is 3.79. The van der Waals surface area contributed by atoms with Crippen LogP contribution in [0.3, 0.4) is 0 Å². The summed E-state index contributed by atoms with van der Waals surface area (Å²) in [5.74, 6) is 0.503. The van der Waals surface area contributed by atoms with Crippen LogP contribution >= 0.6 is 0 Å². The fraction of sp³-hybridized carbons (Fsp3) is 0.667. The summed E-state index contributed by atoms with van der Waals surface area (Å²) < 4.78 is 10.1. The van der Waals surface area contributed by atoms with Crippen molar-refractivity contribution in [3.05, 3.63) is 35.4 Å². The Morgan fingerprint density at radius 2 is 2.08 bits per heavy atom. The second-order valence-corrected chi connectivity index (χ2v) is 7.52. The van der Waals surface area contributed by atoms with Crippen molar-refractivity contribution in [2.75, 3.05) is 19.7 Å². The maximum absolute atomic E-state index is 6.30. The monoisotopic (exact) mass is 329 g/mol. The molecule has 2 fully saturated rings. The van der Waals surface area contributed by atoms with E-state index in [-0.39, 0.29) is 5.60 Å². The molecule has 2 aromatic heterocycles. The Kier molecular flexibility index (Phi) is 3.96. The van der Waals surface area contributed by atoms with Gasteiger partial charge in [-0.2, -0.15) is 10.2 Å². The van der Waals surface area contributed by atoms with Crippen molar-refractivity contribution in [1.82, 2.24) is 24.5 Å². The fourth-order valence-corrected chi connectivity index (χ4v) is 4.12. The summed E-state index contributed by atoms with van der Waals surface area (Å²) in [4.78, 5) is 2.51. The Bertz CT molecular complexity index is 691. The van der Waals surface area contributed by atoms with Crippen LogP contribution in [0.4, 0.5) is 0 Å². The molecule has 130 valence electrons. The van der Waals surface area contributed by atoms with Crippen LogP contribution in [0.2, 0.25) is 0 Å². The molecule has 0 bridgehead atoms. The lowest BCUT2D eigenvalue weighted by Crippen LogP contribution is -2.43. The molecule has 6 nitrogen and oxygen atoms in total. The number of nitrogens with zero attached hydrogens (tertiary/aromatic N) is 5. The molecule has 0 unspecified atom stereocenters. The lowest BCUT2D eigenvalue weighted by molar-refractivity contribution is -0.0450. The van der Waals surface area contributed by atoms with E-state index in [2.05, 4.69) is 34.3 Å². The van der Waals surface area contributed by atoms with E-state index in [4.69, 9.17) is 4.74 Å². The Balaban J connectivity index is 1.34. The maximum atomic E-state index is 6.30. The van der Waals surface area contributed by atoms with Crippen molar-refractivity contribution < 1.29 is 4.74 Å². The van der Waals surface area contributed by atoms with E-state index in [1.54, 1.807) is 0 Å². The average Bonchev–Trinajstić information content (AvgIpc) is 3.23. The maximum Gasteiger partial charge on any atom is 0.0767 e. The van der Waals surface area contributed by atoms with E-state index in [0.29, 0.717) is 5.92 Å². The van der Waals surface area contributed by atoms with Gasteiger partial charge in [-0.05, 0) is 37.8 Å². The predicted octanol–water partition coefficient (Wildman–Crippen LogP) is 2.00. The molecular weight excluding hydrogens is 302 g/mol. The number of likely N-dealkylation sites (tertiary alicyclic amines) is 1. The molecular formula is C18H27N5O. The fourth-order valence-electron chi connectivity index (χ4n) is 4.12. The lowest BCUT2D eigenvalue weighted by Gasteiger charge is -2.38. The van der Waals surface area contributed by atoms with Crippen LogP contribution in [-0.4, -0.2) is 49.8 Å². The zero-order valence-corrected chi connectivity index (χ0v) is 14.9.